The fourth-order valence-corrected chi connectivity index (χ4v) is 2.18. The maximum atomic E-state index is 12.9. The molecule has 0 amide bonds. The Kier molecular flexibility index (Phi) is 4.11. The second-order valence-corrected chi connectivity index (χ2v) is 4.80. The summed E-state index contributed by atoms with van der Waals surface area (Å²) in [6, 6.07) is 9.93. The predicted octanol–water partition coefficient (Wildman–Crippen LogP) is 4.03. The molecule has 1 saturated carbocycles. The summed E-state index contributed by atoms with van der Waals surface area (Å²) in [5.41, 5.74) is 1.13. The highest BCUT2D eigenvalue weighted by Crippen LogP contribution is 2.36. The van der Waals surface area contributed by atoms with Crippen molar-refractivity contribution in [1.29, 1.82) is 0 Å². The van der Waals surface area contributed by atoms with Gasteiger partial charge in [0.1, 0.15) is 0 Å². The Bertz CT molecular complexity index is 327. The molecule has 17 heavy (non-hydrogen) atoms. The van der Waals surface area contributed by atoms with Crippen LogP contribution in [0.2, 0.25) is 0 Å². The van der Waals surface area contributed by atoms with Crippen molar-refractivity contribution in [3.8, 4) is 0 Å². The van der Waals surface area contributed by atoms with Gasteiger partial charge in [-0.05, 0) is 24.3 Å². The molecule has 0 heterocycles. The Hall–Kier alpha value is -0.960. The number of alkyl halides is 2. The molecule has 0 bridgehead atoms. The Morgan fingerprint density at radius 2 is 1.76 bits per heavy atom. The van der Waals surface area contributed by atoms with Gasteiger partial charge in [0.05, 0.1) is 6.61 Å². The smallest absolute Gasteiger partial charge is 0.248 e. The van der Waals surface area contributed by atoms with E-state index in [1.165, 1.54) is 0 Å². The number of hydrogen-bond acceptors (Lipinski definition) is 1. The first-order chi connectivity index (χ1) is 8.16. The molecule has 1 aliphatic carbocycles. The maximum Gasteiger partial charge on any atom is 0.248 e. The topological polar surface area (TPSA) is 9.23 Å². The normalized spacial score (nSPS) is 20.4. The first kappa shape index (κ1) is 12.5. The Morgan fingerprint density at radius 3 is 2.41 bits per heavy atom. The maximum absolute atomic E-state index is 12.9. The molecule has 0 N–H and O–H groups in total. The molecule has 0 aromatic heterocycles. The standard InChI is InChI=1S/C14H18F2O/c15-14(16)8-6-13(7-9-14)11-17-10-12-4-2-1-3-5-12/h1-5,13H,6-11H2. The zero-order chi connectivity index (χ0) is 12.1. The quantitative estimate of drug-likeness (QED) is 0.772. The first-order valence-electron chi connectivity index (χ1n) is 6.15. The summed E-state index contributed by atoms with van der Waals surface area (Å²) < 4.78 is 31.4. The molecule has 1 aromatic rings. The van der Waals surface area contributed by atoms with Crippen LogP contribution in [0, 0.1) is 5.92 Å². The van der Waals surface area contributed by atoms with Gasteiger partial charge >= 0.3 is 0 Å². The highest BCUT2D eigenvalue weighted by atomic mass is 19.3. The SMILES string of the molecule is FC1(F)CCC(COCc2ccccc2)CC1. The molecule has 0 radical (unpaired) electrons. The number of hydrogen-bond donors (Lipinski definition) is 0. The van der Waals surface area contributed by atoms with Crippen LogP contribution in [0.1, 0.15) is 31.2 Å². The minimum atomic E-state index is -2.43. The molecule has 94 valence electrons. The number of halogens is 2. The Balaban J connectivity index is 1.67. The Labute approximate surface area is 101 Å². The first-order valence-corrected chi connectivity index (χ1v) is 6.15. The van der Waals surface area contributed by atoms with Crippen molar-refractivity contribution in [2.75, 3.05) is 6.61 Å². The minimum absolute atomic E-state index is 0.0202. The lowest BCUT2D eigenvalue weighted by molar-refractivity contribution is -0.0569. The molecule has 1 aromatic carbocycles. The van der Waals surface area contributed by atoms with Crippen LogP contribution >= 0.6 is 0 Å². The van der Waals surface area contributed by atoms with Gasteiger partial charge < -0.3 is 4.74 Å². The average molecular weight is 240 g/mol. The van der Waals surface area contributed by atoms with E-state index >= 15 is 0 Å². The van der Waals surface area contributed by atoms with Crippen LogP contribution in [-0.2, 0) is 11.3 Å². The van der Waals surface area contributed by atoms with E-state index in [1.54, 1.807) is 0 Å². The van der Waals surface area contributed by atoms with Crippen LogP contribution < -0.4 is 0 Å². The van der Waals surface area contributed by atoms with E-state index in [0.717, 1.165) is 5.56 Å². The molecule has 1 aliphatic rings. The molecule has 3 heteroatoms. The second kappa shape index (κ2) is 5.58. The molecule has 0 saturated heterocycles. The molecular weight excluding hydrogens is 222 g/mol. The van der Waals surface area contributed by atoms with Crippen LogP contribution in [0.4, 0.5) is 8.78 Å². The molecule has 1 nitrogen and oxygen atoms in total. The highest BCUT2D eigenvalue weighted by Gasteiger charge is 2.34. The van der Waals surface area contributed by atoms with Crippen LogP contribution in [0.15, 0.2) is 30.3 Å². The molecule has 0 unspecified atom stereocenters. The van der Waals surface area contributed by atoms with Gasteiger partial charge in [-0.15, -0.1) is 0 Å². The van der Waals surface area contributed by atoms with Crippen molar-refractivity contribution < 1.29 is 13.5 Å². The van der Waals surface area contributed by atoms with Crippen molar-refractivity contribution in [3.63, 3.8) is 0 Å². The van der Waals surface area contributed by atoms with E-state index in [2.05, 4.69) is 0 Å². The molecule has 1 fully saturated rings. The summed E-state index contributed by atoms with van der Waals surface area (Å²) in [4.78, 5) is 0. The van der Waals surface area contributed by atoms with Gasteiger partial charge in [0.2, 0.25) is 5.92 Å². The lowest BCUT2D eigenvalue weighted by Crippen LogP contribution is -2.26. The van der Waals surface area contributed by atoms with Gasteiger partial charge in [-0.2, -0.15) is 0 Å². The van der Waals surface area contributed by atoms with Crippen molar-refractivity contribution in [2.45, 2.75) is 38.2 Å². The van der Waals surface area contributed by atoms with Gasteiger partial charge in [0.15, 0.2) is 0 Å². The summed E-state index contributed by atoms with van der Waals surface area (Å²) in [5, 5.41) is 0. The molecule has 0 spiro atoms. The van der Waals surface area contributed by atoms with E-state index < -0.39 is 5.92 Å². The second-order valence-electron chi connectivity index (χ2n) is 4.80. The highest BCUT2D eigenvalue weighted by molar-refractivity contribution is 5.13. The van der Waals surface area contributed by atoms with Gasteiger partial charge in [0, 0.05) is 19.4 Å². The fraction of sp³-hybridized carbons (Fsp3) is 0.571. The van der Waals surface area contributed by atoms with Crippen LogP contribution in [0.25, 0.3) is 0 Å². The summed E-state index contributed by atoms with van der Waals surface area (Å²) in [7, 11) is 0. The minimum Gasteiger partial charge on any atom is -0.376 e. The van der Waals surface area contributed by atoms with Crippen molar-refractivity contribution in [2.24, 2.45) is 5.92 Å². The lowest BCUT2D eigenvalue weighted by atomic mass is 9.87. The summed E-state index contributed by atoms with van der Waals surface area (Å²) in [5.74, 6) is -2.13. The molecular formula is C14H18F2O. The van der Waals surface area contributed by atoms with Crippen LogP contribution in [-0.4, -0.2) is 12.5 Å². The van der Waals surface area contributed by atoms with E-state index in [1.807, 2.05) is 30.3 Å². The third kappa shape index (κ3) is 4.08. The lowest BCUT2D eigenvalue weighted by Gasteiger charge is -2.27. The number of benzene rings is 1. The van der Waals surface area contributed by atoms with Crippen LogP contribution in [0.5, 0.6) is 0 Å². The van der Waals surface area contributed by atoms with Crippen molar-refractivity contribution in [3.05, 3.63) is 35.9 Å². The van der Waals surface area contributed by atoms with Gasteiger partial charge in [-0.1, -0.05) is 30.3 Å². The molecule has 0 aliphatic heterocycles. The summed E-state index contributed by atoms with van der Waals surface area (Å²) >= 11 is 0. The zero-order valence-corrected chi connectivity index (χ0v) is 9.87. The summed E-state index contributed by atoms with van der Waals surface area (Å²) in [6.45, 7) is 1.18. The largest absolute Gasteiger partial charge is 0.376 e. The molecule has 0 atom stereocenters. The van der Waals surface area contributed by atoms with E-state index in [0.29, 0.717) is 32.0 Å². The van der Waals surface area contributed by atoms with E-state index in [-0.39, 0.29) is 12.8 Å². The third-order valence-corrected chi connectivity index (χ3v) is 3.30. The number of ether oxygens (including phenoxy) is 1. The third-order valence-electron chi connectivity index (χ3n) is 3.30. The predicted molar refractivity (Wildman–Crippen MR) is 63.0 cm³/mol. The van der Waals surface area contributed by atoms with E-state index in [9.17, 15) is 8.78 Å². The monoisotopic (exact) mass is 240 g/mol. The number of rotatable bonds is 4. The average Bonchev–Trinajstić information content (AvgIpc) is 2.33. The van der Waals surface area contributed by atoms with Gasteiger partial charge in [-0.3, -0.25) is 0 Å². The van der Waals surface area contributed by atoms with Crippen molar-refractivity contribution >= 4 is 0 Å². The molecule has 2 rings (SSSR count). The van der Waals surface area contributed by atoms with Gasteiger partial charge in [-0.25, -0.2) is 8.78 Å². The zero-order valence-electron chi connectivity index (χ0n) is 9.87. The Morgan fingerprint density at radius 1 is 1.12 bits per heavy atom. The van der Waals surface area contributed by atoms with E-state index in [4.69, 9.17) is 4.74 Å². The van der Waals surface area contributed by atoms with Crippen molar-refractivity contribution in [1.82, 2.24) is 0 Å². The van der Waals surface area contributed by atoms with Crippen LogP contribution in [0.3, 0.4) is 0 Å². The fourth-order valence-electron chi connectivity index (χ4n) is 2.18. The van der Waals surface area contributed by atoms with Gasteiger partial charge in [0.25, 0.3) is 0 Å². The summed E-state index contributed by atoms with van der Waals surface area (Å²) in [6.07, 6.45) is 1.21.